The van der Waals surface area contributed by atoms with E-state index in [0.29, 0.717) is 12.5 Å². The number of nitrogens with zero attached hydrogens (tertiary/aromatic N) is 4. The smallest absolute Gasteiger partial charge is 0.269 e. The molecule has 0 amide bonds. The molecule has 0 aliphatic rings. The molecule has 6 heteroatoms. The Morgan fingerprint density at radius 1 is 1.00 bits per heavy atom. The van der Waals surface area contributed by atoms with Gasteiger partial charge in [-0.05, 0) is 46.4 Å². The summed E-state index contributed by atoms with van der Waals surface area (Å²) < 4.78 is 2.09. The van der Waals surface area contributed by atoms with Crippen molar-refractivity contribution in [1.29, 1.82) is 0 Å². The van der Waals surface area contributed by atoms with Crippen LogP contribution in [0.4, 0.5) is 11.6 Å². The highest BCUT2D eigenvalue weighted by Gasteiger charge is 2.14. The molecule has 3 aromatic carbocycles. The molecule has 0 bridgehead atoms. The van der Waals surface area contributed by atoms with Crippen molar-refractivity contribution < 1.29 is 4.92 Å². The van der Waals surface area contributed by atoms with E-state index in [9.17, 15) is 10.1 Å². The highest BCUT2D eigenvalue weighted by Crippen LogP contribution is 2.26. The van der Waals surface area contributed by atoms with Crippen molar-refractivity contribution in [2.24, 2.45) is 4.99 Å². The number of aliphatic imine (C=N–C) groups is 1. The van der Waals surface area contributed by atoms with Crippen LogP contribution in [0.5, 0.6) is 0 Å². The second-order valence-electron chi connectivity index (χ2n) is 8.54. The summed E-state index contributed by atoms with van der Waals surface area (Å²) in [7, 11) is 0. The molecule has 0 atom stereocenters. The largest absolute Gasteiger partial charge is 0.304 e. The lowest BCUT2D eigenvalue weighted by Gasteiger charge is -2.19. The van der Waals surface area contributed by atoms with E-state index in [0.717, 1.165) is 16.6 Å². The first-order chi connectivity index (χ1) is 14.8. The summed E-state index contributed by atoms with van der Waals surface area (Å²) in [6.45, 7) is 7.26. The SMILES string of the molecule is CC(C)(C)c1ccc(Cn2c(N=Cc3ccc([N+](=O)[O-])cc3)nc3ccccc32)cc1. The summed E-state index contributed by atoms with van der Waals surface area (Å²) in [5, 5.41) is 10.8. The van der Waals surface area contributed by atoms with Gasteiger partial charge in [0, 0.05) is 18.3 Å². The van der Waals surface area contributed by atoms with Gasteiger partial charge in [0.2, 0.25) is 5.95 Å². The van der Waals surface area contributed by atoms with E-state index in [-0.39, 0.29) is 11.1 Å². The molecule has 0 saturated heterocycles. The van der Waals surface area contributed by atoms with Crippen molar-refractivity contribution in [3.05, 3.63) is 99.6 Å². The summed E-state index contributed by atoms with van der Waals surface area (Å²) in [4.78, 5) is 19.7. The second kappa shape index (κ2) is 8.14. The van der Waals surface area contributed by atoms with Crippen LogP contribution in [0.3, 0.4) is 0 Å². The zero-order valence-electron chi connectivity index (χ0n) is 17.8. The van der Waals surface area contributed by atoms with Gasteiger partial charge in [-0.2, -0.15) is 0 Å². The molecule has 0 aliphatic heterocycles. The van der Waals surface area contributed by atoms with E-state index in [1.54, 1.807) is 18.3 Å². The molecule has 0 radical (unpaired) electrons. The van der Waals surface area contributed by atoms with Gasteiger partial charge in [-0.25, -0.2) is 9.98 Å². The Morgan fingerprint density at radius 2 is 1.68 bits per heavy atom. The van der Waals surface area contributed by atoms with E-state index in [1.807, 2.05) is 24.3 Å². The van der Waals surface area contributed by atoms with E-state index in [2.05, 4.69) is 59.6 Å². The monoisotopic (exact) mass is 412 g/mol. The molecule has 1 heterocycles. The van der Waals surface area contributed by atoms with Gasteiger partial charge in [0.15, 0.2) is 0 Å². The number of hydrogen-bond acceptors (Lipinski definition) is 4. The maximum atomic E-state index is 10.8. The number of benzene rings is 3. The molecule has 31 heavy (non-hydrogen) atoms. The minimum absolute atomic E-state index is 0.0584. The minimum atomic E-state index is -0.411. The molecule has 0 aliphatic carbocycles. The molecular weight excluding hydrogens is 388 g/mol. The van der Waals surface area contributed by atoms with Crippen LogP contribution in [0.1, 0.15) is 37.5 Å². The summed E-state index contributed by atoms with van der Waals surface area (Å²) in [6.07, 6.45) is 1.68. The summed E-state index contributed by atoms with van der Waals surface area (Å²) in [6, 6.07) is 22.9. The van der Waals surface area contributed by atoms with Crippen LogP contribution in [-0.2, 0) is 12.0 Å². The lowest BCUT2D eigenvalue weighted by molar-refractivity contribution is -0.384. The van der Waals surface area contributed by atoms with Gasteiger partial charge < -0.3 is 4.57 Å². The van der Waals surface area contributed by atoms with Gasteiger partial charge in [-0.15, -0.1) is 0 Å². The molecule has 6 nitrogen and oxygen atoms in total. The minimum Gasteiger partial charge on any atom is -0.304 e. The fourth-order valence-electron chi connectivity index (χ4n) is 3.42. The summed E-state index contributed by atoms with van der Waals surface area (Å²) in [5.41, 5.74) is 5.30. The molecule has 4 rings (SSSR count). The Balaban J connectivity index is 1.66. The average molecular weight is 412 g/mol. The maximum Gasteiger partial charge on any atom is 0.269 e. The first-order valence-corrected chi connectivity index (χ1v) is 10.1. The number of nitro groups is 1. The van der Waals surface area contributed by atoms with E-state index >= 15 is 0 Å². The van der Waals surface area contributed by atoms with Crippen LogP contribution in [0.2, 0.25) is 0 Å². The highest BCUT2D eigenvalue weighted by atomic mass is 16.6. The van der Waals surface area contributed by atoms with Crippen molar-refractivity contribution in [1.82, 2.24) is 9.55 Å². The van der Waals surface area contributed by atoms with Crippen LogP contribution in [0.15, 0.2) is 77.8 Å². The van der Waals surface area contributed by atoms with Gasteiger partial charge >= 0.3 is 0 Å². The number of fused-ring (bicyclic) bond motifs is 1. The number of imidazole rings is 1. The molecule has 1 aromatic heterocycles. The number of hydrogen-bond donors (Lipinski definition) is 0. The Kier molecular flexibility index (Phi) is 5.38. The van der Waals surface area contributed by atoms with Crippen molar-refractivity contribution >= 4 is 28.9 Å². The standard InChI is InChI=1S/C25H24N4O2/c1-25(2,3)20-12-8-19(9-13-20)17-28-23-7-5-4-6-22(23)27-24(28)26-16-18-10-14-21(15-11-18)29(30)31/h4-16H,17H2,1-3H3. The van der Waals surface area contributed by atoms with Crippen molar-refractivity contribution in [3.63, 3.8) is 0 Å². The number of para-hydroxylation sites is 2. The summed E-state index contributed by atoms with van der Waals surface area (Å²) >= 11 is 0. The Bertz CT molecular complexity index is 1250. The predicted molar refractivity (Wildman–Crippen MR) is 124 cm³/mol. The third-order valence-corrected chi connectivity index (χ3v) is 5.23. The molecule has 156 valence electrons. The third-order valence-electron chi connectivity index (χ3n) is 5.23. The maximum absolute atomic E-state index is 10.8. The molecule has 0 unspecified atom stereocenters. The predicted octanol–water partition coefficient (Wildman–Crippen LogP) is 6.04. The summed E-state index contributed by atoms with van der Waals surface area (Å²) in [5.74, 6) is 0.597. The van der Waals surface area contributed by atoms with Gasteiger partial charge in [0.25, 0.3) is 5.69 Å². The average Bonchev–Trinajstić information content (AvgIpc) is 3.10. The lowest BCUT2D eigenvalue weighted by Crippen LogP contribution is -2.11. The van der Waals surface area contributed by atoms with Crippen LogP contribution >= 0.6 is 0 Å². The van der Waals surface area contributed by atoms with E-state index < -0.39 is 4.92 Å². The second-order valence-corrected chi connectivity index (χ2v) is 8.54. The van der Waals surface area contributed by atoms with Gasteiger partial charge in [-0.3, -0.25) is 10.1 Å². The lowest BCUT2D eigenvalue weighted by atomic mass is 9.87. The zero-order chi connectivity index (χ0) is 22.0. The van der Waals surface area contributed by atoms with Crippen molar-refractivity contribution in [2.45, 2.75) is 32.7 Å². The number of aromatic nitrogens is 2. The fourth-order valence-corrected chi connectivity index (χ4v) is 3.42. The molecular formula is C25H24N4O2. The third kappa shape index (κ3) is 4.53. The van der Waals surface area contributed by atoms with Crippen LogP contribution in [0, 0.1) is 10.1 Å². The molecule has 0 saturated carbocycles. The topological polar surface area (TPSA) is 73.3 Å². The van der Waals surface area contributed by atoms with Crippen LogP contribution < -0.4 is 0 Å². The normalized spacial score (nSPS) is 12.0. The van der Waals surface area contributed by atoms with E-state index in [1.165, 1.54) is 23.3 Å². The van der Waals surface area contributed by atoms with Gasteiger partial charge in [-0.1, -0.05) is 57.2 Å². The first kappa shape index (κ1) is 20.5. The van der Waals surface area contributed by atoms with Crippen molar-refractivity contribution in [3.8, 4) is 0 Å². The Morgan fingerprint density at radius 3 is 2.32 bits per heavy atom. The molecule has 4 aromatic rings. The highest BCUT2D eigenvalue weighted by molar-refractivity contribution is 5.84. The molecule has 0 N–H and O–H groups in total. The first-order valence-electron chi connectivity index (χ1n) is 10.1. The van der Waals surface area contributed by atoms with Gasteiger partial charge in [0.05, 0.1) is 22.5 Å². The van der Waals surface area contributed by atoms with E-state index in [4.69, 9.17) is 0 Å². The number of non-ortho nitro benzene ring substituents is 1. The zero-order valence-corrected chi connectivity index (χ0v) is 17.8. The fraction of sp³-hybridized carbons (Fsp3) is 0.200. The van der Waals surface area contributed by atoms with Crippen molar-refractivity contribution in [2.75, 3.05) is 0 Å². The van der Waals surface area contributed by atoms with Gasteiger partial charge in [0.1, 0.15) is 0 Å². The van der Waals surface area contributed by atoms with Crippen LogP contribution in [0.25, 0.3) is 11.0 Å². The quantitative estimate of drug-likeness (QED) is 0.228. The molecule has 0 spiro atoms. The Hall–Kier alpha value is -3.80. The molecule has 0 fully saturated rings. The van der Waals surface area contributed by atoms with Crippen LogP contribution in [-0.4, -0.2) is 20.7 Å². The number of rotatable bonds is 5. The Labute approximate surface area is 181 Å². The number of nitro benzene ring substituents is 1.